The first-order valence-corrected chi connectivity index (χ1v) is 8.69. The molecule has 0 radical (unpaired) electrons. The van der Waals surface area contributed by atoms with E-state index in [1.807, 2.05) is 31.4 Å². The van der Waals surface area contributed by atoms with Gasteiger partial charge >= 0.3 is 0 Å². The van der Waals surface area contributed by atoms with E-state index < -0.39 is 0 Å². The molecule has 128 valence electrons. The summed E-state index contributed by atoms with van der Waals surface area (Å²) in [5, 5.41) is 4.17. The van der Waals surface area contributed by atoms with Crippen LogP contribution in [0, 0.1) is 0 Å². The summed E-state index contributed by atoms with van der Waals surface area (Å²) >= 11 is 0. The molecule has 1 aliphatic heterocycles. The number of nitrogens with one attached hydrogen (secondary N) is 1. The highest BCUT2D eigenvalue weighted by Gasteiger charge is 2.19. The van der Waals surface area contributed by atoms with Gasteiger partial charge in [-0.1, -0.05) is 42.5 Å². The Labute approximate surface area is 147 Å². The topological polar surface area (TPSA) is 43.3 Å². The molecule has 4 heteroatoms. The lowest BCUT2D eigenvalue weighted by Crippen LogP contribution is -2.37. The van der Waals surface area contributed by atoms with Gasteiger partial charge < -0.3 is 14.6 Å². The van der Waals surface area contributed by atoms with Crippen molar-refractivity contribution in [2.75, 3.05) is 6.54 Å². The molecule has 0 bridgehead atoms. The maximum atomic E-state index is 12.4. The van der Waals surface area contributed by atoms with E-state index in [-0.39, 0.29) is 12.0 Å². The Kier molecular flexibility index (Phi) is 4.28. The molecule has 4 rings (SSSR count). The number of nitrogens with zero attached hydrogens (tertiary/aromatic N) is 1. The lowest BCUT2D eigenvalue weighted by molar-refractivity contribution is -0.121. The van der Waals surface area contributed by atoms with Crippen molar-refractivity contribution < 1.29 is 9.53 Å². The highest BCUT2D eigenvalue weighted by atomic mass is 16.5. The van der Waals surface area contributed by atoms with E-state index >= 15 is 0 Å². The van der Waals surface area contributed by atoms with Gasteiger partial charge in [-0.2, -0.15) is 0 Å². The van der Waals surface area contributed by atoms with Crippen LogP contribution in [0.3, 0.4) is 0 Å². The maximum Gasteiger partial charge on any atom is 0.224 e. The summed E-state index contributed by atoms with van der Waals surface area (Å²) in [5.74, 6) is 0.0406. The Hall–Kier alpha value is -2.59. The Morgan fingerprint density at radius 2 is 1.92 bits per heavy atom. The number of hydrogen-bond acceptors (Lipinski definition) is 2. The number of aryl methyl sites for hydroxylation is 1. The number of rotatable bonds is 4. The number of carbonyl (C=O) groups excluding carboxylic acids is 1. The predicted molar refractivity (Wildman–Crippen MR) is 98.4 cm³/mol. The van der Waals surface area contributed by atoms with E-state index in [0.717, 1.165) is 22.9 Å². The van der Waals surface area contributed by atoms with E-state index in [9.17, 15) is 4.79 Å². The molecular formula is C21H22N2O2. The molecule has 1 amide bonds. The van der Waals surface area contributed by atoms with E-state index in [4.69, 9.17) is 4.74 Å². The first kappa shape index (κ1) is 15.9. The molecule has 2 heterocycles. The number of amides is 1. The van der Waals surface area contributed by atoms with Crippen LogP contribution in [-0.4, -0.2) is 23.1 Å². The van der Waals surface area contributed by atoms with Gasteiger partial charge in [-0.05, 0) is 22.8 Å². The largest absolute Gasteiger partial charge is 0.371 e. The van der Waals surface area contributed by atoms with Crippen molar-refractivity contribution in [1.29, 1.82) is 0 Å². The average Bonchev–Trinajstić information content (AvgIpc) is 2.96. The fraction of sp³-hybridized carbons (Fsp3) is 0.286. The molecule has 1 aliphatic rings. The number of para-hydroxylation sites is 1. The van der Waals surface area contributed by atoms with Crippen LogP contribution in [-0.2, 0) is 36.0 Å². The van der Waals surface area contributed by atoms with Gasteiger partial charge in [-0.25, -0.2) is 0 Å². The maximum absolute atomic E-state index is 12.4. The quantitative estimate of drug-likeness (QED) is 0.797. The van der Waals surface area contributed by atoms with Crippen LogP contribution < -0.4 is 5.32 Å². The second-order valence-corrected chi connectivity index (χ2v) is 6.67. The van der Waals surface area contributed by atoms with E-state index in [0.29, 0.717) is 19.6 Å². The minimum absolute atomic E-state index is 0.0406. The van der Waals surface area contributed by atoms with Crippen LogP contribution >= 0.6 is 0 Å². The van der Waals surface area contributed by atoms with Gasteiger partial charge in [-0.15, -0.1) is 0 Å². The van der Waals surface area contributed by atoms with Crippen LogP contribution in [0.1, 0.15) is 16.7 Å². The number of benzene rings is 2. The molecule has 25 heavy (non-hydrogen) atoms. The summed E-state index contributed by atoms with van der Waals surface area (Å²) in [6.07, 6.45) is 3.33. The first-order valence-electron chi connectivity index (χ1n) is 8.69. The molecule has 1 N–H and O–H groups in total. The first-order chi connectivity index (χ1) is 12.2. The average molecular weight is 334 g/mol. The number of carbonyl (C=O) groups is 1. The Balaban J connectivity index is 1.37. The molecule has 0 aliphatic carbocycles. The number of fused-ring (bicyclic) bond motifs is 2. The van der Waals surface area contributed by atoms with Crippen molar-refractivity contribution in [3.63, 3.8) is 0 Å². The molecule has 0 spiro atoms. The fourth-order valence-electron chi connectivity index (χ4n) is 3.57. The molecular weight excluding hydrogens is 312 g/mol. The second kappa shape index (κ2) is 6.73. The zero-order valence-corrected chi connectivity index (χ0v) is 14.4. The minimum atomic E-state index is 0.0406. The molecule has 0 saturated heterocycles. The summed E-state index contributed by atoms with van der Waals surface area (Å²) in [5.41, 5.74) is 4.78. The van der Waals surface area contributed by atoms with Gasteiger partial charge in [0.25, 0.3) is 0 Å². The standard InChI is InChI=1S/C21H22N2O2/c1-23-13-17(19-8-4-5-9-20(19)23)11-21(24)22-12-18-10-15-6-2-3-7-16(15)14-25-18/h2-9,13,18H,10-12,14H2,1H3,(H,22,24). The normalized spacial score (nSPS) is 16.6. The molecule has 3 aromatic rings. The van der Waals surface area contributed by atoms with Gasteiger partial charge in [0.2, 0.25) is 5.91 Å². The smallest absolute Gasteiger partial charge is 0.224 e. The van der Waals surface area contributed by atoms with E-state index in [1.165, 1.54) is 11.1 Å². The molecule has 0 fully saturated rings. The summed E-state index contributed by atoms with van der Waals surface area (Å²) in [7, 11) is 2.01. The lowest BCUT2D eigenvalue weighted by atomic mass is 9.99. The molecule has 0 saturated carbocycles. The monoisotopic (exact) mass is 334 g/mol. The molecule has 4 nitrogen and oxygen atoms in total. The summed E-state index contributed by atoms with van der Waals surface area (Å²) in [6, 6.07) is 16.5. The van der Waals surface area contributed by atoms with Crippen molar-refractivity contribution in [3.05, 3.63) is 71.4 Å². The zero-order valence-electron chi connectivity index (χ0n) is 14.4. The zero-order chi connectivity index (χ0) is 17.2. The molecule has 1 atom stereocenters. The highest BCUT2D eigenvalue weighted by Crippen LogP contribution is 2.21. The summed E-state index contributed by atoms with van der Waals surface area (Å²) in [6.45, 7) is 1.18. The van der Waals surface area contributed by atoms with Gasteiger partial charge in [0.05, 0.1) is 19.1 Å². The van der Waals surface area contributed by atoms with Gasteiger partial charge in [0.1, 0.15) is 0 Å². The van der Waals surface area contributed by atoms with Crippen LogP contribution in [0.2, 0.25) is 0 Å². The molecule has 1 unspecified atom stereocenters. The third kappa shape index (κ3) is 3.30. The van der Waals surface area contributed by atoms with Gasteiger partial charge in [-0.3, -0.25) is 4.79 Å². The van der Waals surface area contributed by atoms with Crippen LogP contribution in [0.25, 0.3) is 10.9 Å². The van der Waals surface area contributed by atoms with Crippen molar-refractivity contribution in [3.8, 4) is 0 Å². The van der Waals surface area contributed by atoms with Crippen molar-refractivity contribution >= 4 is 16.8 Å². The Morgan fingerprint density at radius 3 is 2.80 bits per heavy atom. The molecule has 2 aromatic carbocycles. The number of hydrogen-bond donors (Lipinski definition) is 1. The highest BCUT2D eigenvalue weighted by molar-refractivity contribution is 5.89. The summed E-state index contributed by atoms with van der Waals surface area (Å²) < 4.78 is 7.93. The Bertz CT molecular complexity index is 913. The fourth-order valence-corrected chi connectivity index (χ4v) is 3.57. The third-order valence-corrected chi connectivity index (χ3v) is 4.90. The molecule has 1 aromatic heterocycles. The van der Waals surface area contributed by atoms with E-state index in [1.54, 1.807) is 0 Å². The summed E-state index contributed by atoms with van der Waals surface area (Å²) in [4.78, 5) is 12.4. The van der Waals surface area contributed by atoms with Crippen molar-refractivity contribution in [2.24, 2.45) is 7.05 Å². The number of aromatic nitrogens is 1. The predicted octanol–water partition coefficient (Wildman–Crippen LogP) is 2.98. The van der Waals surface area contributed by atoms with Crippen LogP contribution in [0.4, 0.5) is 0 Å². The lowest BCUT2D eigenvalue weighted by Gasteiger charge is -2.25. The van der Waals surface area contributed by atoms with Gasteiger partial charge in [0.15, 0.2) is 0 Å². The van der Waals surface area contributed by atoms with Crippen LogP contribution in [0.15, 0.2) is 54.7 Å². The van der Waals surface area contributed by atoms with Crippen molar-refractivity contribution in [2.45, 2.75) is 25.6 Å². The van der Waals surface area contributed by atoms with Crippen LogP contribution in [0.5, 0.6) is 0 Å². The minimum Gasteiger partial charge on any atom is -0.371 e. The van der Waals surface area contributed by atoms with Crippen molar-refractivity contribution in [1.82, 2.24) is 9.88 Å². The third-order valence-electron chi connectivity index (χ3n) is 4.90. The Morgan fingerprint density at radius 1 is 1.16 bits per heavy atom. The number of ether oxygens (including phenoxy) is 1. The SMILES string of the molecule is Cn1cc(CC(=O)NCC2Cc3ccccc3CO2)c2ccccc21. The van der Waals surface area contributed by atoms with E-state index in [2.05, 4.69) is 40.2 Å². The van der Waals surface area contributed by atoms with Gasteiger partial charge in [0, 0.05) is 37.1 Å². The second-order valence-electron chi connectivity index (χ2n) is 6.67.